The first kappa shape index (κ1) is 33.1. The minimum atomic E-state index is 0.518. The lowest BCUT2D eigenvalue weighted by molar-refractivity contribution is 0.214. The lowest BCUT2D eigenvalue weighted by Crippen LogP contribution is -2.36. The third kappa shape index (κ3) is 10.3. The number of hydrogen-bond donors (Lipinski definition) is 3. The van der Waals surface area contributed by atoms with E-state index >= 15 is 0 Å². The summed E-state index contributed by atoms with van der Waals surface area (Å²) in [4.78, 5) is 14.2. The van der Waals surface area contributed by atoms with Gasteiger partial charge in [0, 0.05) is 75.9 Å². The maximum atomic E-state index is 6.24. The van der Waals surface area contributed by atoms with Gasteiger partial charge < -0.3 is 25.4 Å². The summed E-state index contributed by atoms with van der Waals surface area (Å²) in [7, 11) is 0. The van der Waals surface area contributed by atoms with Crippen LogP contribution in [-0.2, 0) is 26.2 Å². The Labute approximate surface area is 279 Å². The van der Waals surface area contributed by atoms with Crippen molar-refractivity contribution >= 4 is 0 Å². The fourth-order valence-electron chi connectivity index (χ4n) is 6.28. The van der Waals surface area contributed by atoms with Crippen LogP contribution in [0.5, 0.6) is 11.5 Å². The lowest BCUT2D eigenvalue weighted by atomic mass is 9.98. The topological polar surface area (TPSA) is 86.8 Å². The monoisotopic (exact) mass is 635 g/mol. The van der Waals surface area contributed by atoms with E-state index in [9.17, 15) is 0 Å². The van der Waals surface area contributed by atoms with Crippen LogP contribution in [0.15, 0.2) is 85.2 Å². The molecule has 0 bridgehead atoms. The maximum absolute atomic E-state index is 6.24. The lowest BCUT2D eigenvalue weighted by Gasteiger charge is -2.25. The molecule has 9 heteroatoms. The highest BCUT2D eigenvalue weighted by Gasteiger charge is 2.19. The molecule has 2 aromatic heterocycles. The zero-order valence-electron chi connectivity index (χ0n) is 27.5. The predicted molar refractivity (Wildman–Crippen MR) is 187 cm³/mol. The summed E-state index contributed by atoms with van der Waals surface area (Å²) in [5.74, 6) is 1.81. The summed E-state index contributed by atoms with van der Waals surface area (Å²) >= 11 is 0. The first-order chi connectivity index (χ1) is 23.3. The normalized spacial score (nSPS) is 16.9. The highest BCUT2D eigenvalue weighted by Crippen LogP contribution is 2.39. The SMILES string of the molecule is c1ccc(CN(Cc2ccc3c(c2)-c2cc(CN4CCCNCCNCCCNCC4)ccc2OCCO3)Cc2ccccn2)nc1. The van der Waals surface area contributed by atoms with Gasteiger partial charge in [0.1, 0.15) is 24.7 Å². The number of nitrogens with zero attached hydrogens (tertiary/aromatic N) is 4. The first-order valence-corrected chi connectivity index (χ1v) is 17.2. The number of fused-ring (bicyclic) bond motifs is 3. The minimum absolute atomic E-state index is 0.518. The standard InChI is InChI=1S/C38H49N7O2/c1-3-16-42-33(7-1)29-45(30-34-8-2-4-17-43-34)28-32-10-12-38-36(26-32)35-25-31(9-11-37(35)46-23-24-47-38)27-44-21-6-15-40-19-18-39-13-5-14-41-20-22-44/h1-4,7-12,16-17,25-26,39-41H,5-6,13-15,18-24,27-30H2. The van der Waals surface area contributed by atoms with Crippen LogP contribution in [0.25, 0.3) is 11.1 Å². The van der Waals surface area contributed by atoms with Crippen LogP contribution < -0.4 is 25.4 Å². The van der Waals surface area contributed by atoms with Crippen molar-refractivity contribution in [1.82, 2.24) is 35.7 Å². The van der Waals surface area contributed by atoms with E-state index in [0.717, 1.165) is 125 Å². The van der Waals surface area contributed by atoms with E-state index in [0.29, 0.717) is 13.2 Å². The maximum Gasteiger partial charge on any atom is 0.127 e. The van der Waals surface area contributed by atoms with Gasteiger partial charge in [-0.1, -0.05) is 24.3 Å². The quantitative estimate of drug-likeness (QED) is 0.260. The molecule has 0 atom stereocenters. The molecule has 2 aromatic carbocycles. The van der Waals surface area contributed by atoms with Crippen LogP contribution in [0.1, 0.15) is 35.4 Å². The zero-order chi connectivity index (χ0) is 31.9. The first-order valence-electron chi connectivity index (χ1n) is 17.2. The van der Waals surface area contributed by atoms with Crippen LogP contribution in [-0.4, -0.2) is 85.3 Å². The molecule has 0 spiro atoms. The molecule has 6 rings (SSSR count). The number of ether oxygens (including phenoxy) is 2. The average Bonchev–Trinajstić information content (AvgIpc) is 3.09. The number of rotatable bonds is 8. The molecule has 4 aromatic rings. The molecule has 47 heavy (non-hydrogen) atoms. The second kappa shape index (κ2) is 17.9. The second-order valence-corrected chi connectivity index (χ2v) is 12.4. The Kier molecular flexibility index (Phi) is 12.6. The second-order valence-electron chi connectivity index (χ2n) is 12.4. The summed E-state index contributed by atoms with van der Waals surface area (Å²) in [6.45, 7) is 12.4. The van der Waals surface area contributed by atoms with Gasteiger partial charge in [-0.3, -0.25) is 19.8 Å². The molecule has 4 heterocycles. The zero-order valence-corrected chi connectivity index (χ0v) is 27.5. The minimum Gasteiger partial charge on any atom is -0.489 e. The Bertz CT molecular complexity index is 1450. The summed E-state index contributed by atoms with van der Waals surface area (Å²) < 4.78 is 12.5. The molecule has 2 aliphatic heterocycles. The van der Waals surface area contributed by atoms with Crippen molar-refractivity contribution in [1.29, 1.82) is 0 Å². The Morgan fingerprint density at radius 1 is 0.596 bits per heavy atom. The molecule has 3 N–H and O–H groups in total. The number of hydrogen-bond acceptors (Lipinski definition) is 9. The molecule has 0 unspecified atom stereocenters. The van der Waals surface area contributed by atoms with Crippen molar-refractivity contribution in [2.24, 2.45) is 0 Å². The largest absolute Gasteiger partial charge is 0.489 e. The van der Waals surface area contributed by atoms with Gasteiger partial charge in [0.05, 0.1) is 11.4 Å². The molecule has 2 aliphatic rings. The average molecular weight is 636 g/mol. The van der Waals surface area contributed by atoms with Crippen LogP contribution in [0.3, 0.4) is 0 Å². The number of benzene rings is 2. The van der Waals surface area contributed by atoms with Crippen molar-refractivity contribution in [2.45, 2.75) is 39.0 Å². The van der Waals surface area contributed by atoms with E-state index in [2.05, 4.69) is 84.2 Å². The Hall–Kier alpha value is -3.86. The predicted octanol–water partition coefficient (Wildman–Crippen LogP) is 4.48. The van der Waals surface area contributed by atoms with Crippen molar-refractivity contribution in [3.8, 4) is 22.6 Å². The smallest absolute Gasteiger partial charge is 0.127 e. The summed E-state index contributed by atoms with van der Waals surface area (Å²) in [5.41, 5.74) is 6.74. The highest BCUT2D eigenvalue weighted by molar-refractivity contribution is 5.77. The van der Waals surface area contributed by atoms with Gasteiger partial charge in [-0.05, 0) is 98.7 Å². The Balaban J connectivity index is 1.22. The van der Waals surface area contributed by atoms with Gasteiger partial charge in [0.2, 0.25) is 0 Å². The van der Waals surface area contributed by atoms with E-state index < -0.39 is 0 Å². The molecule has 0 radical (unpaired) electrons. The molecule has 0 saturated carbocycles. The summed E-state index contributed by atoms with van der Waals surface area (Å²) in [6, 6.07) is 25.5. The van der Waals surface area contributed by atoms with Gasteiger partial charge in [0.15, 0.2) is 0 Å². The third-order valence-corrected chi connectivity index (χ3v) is 8.63. The Morgan fingerprint density at radius 3 is 1.83 bits per heavy atom. The molecule has 248 valence electrons. The van der Waals surface area contributed by atoms with Crippen molar-refractivity contribution < 1.29 is 9.47 Å². The molecule has 1 saturated heterocycles. The van der Waals surface area contributed by atoms with E-state index in [1.165, 1.54) is 11.1 Å². The van der Waals surface area contributed by atoms with Crippen LogP contribution >= 0.6 is 0 Å². The third-order valence-electron chi connectivity index (χ3n) is 8.63. The fourth-order valence-corrected chi connectivity index (χ4v) is 6.28. The van der Waals surface area contributed by atoms with Crippen LogP contribution in [0.2, 0.25) is 0 Å². The summed E-state index contributed by atoms with van der Waals surface area (Å²) in [5, 5.41) is 10.7. The van der Waals surface area contributed by atoms with Crippen molar-refractivity contribution in [3.63, 3.8) is 0 Å². The van der Waals surface area contributed by atoms with E-state index in [4.69, 9.17) is 9.47 Å². The fraction of sp³-hybridized carbons (Fsp3) is 0.421. The van der Waals surface area contributed by atoms with Gasteiger partial charge in [-0.15, -0.1) is 0 Å². The van der Waals surface area contributed by atoms with Crippen molar-refractivity contribution in [2.75, 3.05) is 65.6 Å². The van der Waals surface area contributed by atoms with Crippen LogP contribution in [0.4, 0.5) is 0 Å². The van der Waals surface area contributed by atoms with Gasteiger partial charge >= 0.3 is 0 Å². The molecule has 1 fully saturated rings. The number of nitrogens with one attached hydrogen (secondary N) is 3. The van der Waals surface area contributed by atoms with E-state index in [-0.39, 0.29) is 0 Å². The molecular formula is C38H49N7O2. The molecule has 0 amide bonds. The molecule has 0 aliphatic carbocycles. The number of pyridine rings is 2. The number of aromatic nitrogens is 2. The van der Waals surface area contributed by atoms with E-state index in [1.807, 2.05) is 36.7 Å². The molecular weight excluding hydrogens is 586 g/mol. The van der Waals surface area contributed by atoms with Gasteiger partial charge in [-0.2, -0.15) is 0 Å². The molecule has 9 nitrogen and oxygen atoms in total. The highest BCUT2D eigenvalue weighted by atomic mass is 16.5. The van der Waals surface area contributed by atoms with Gasteiger partial charge in [0.25, 0.3) is 0 Å². The van der Waals surface area contributed by atoms with Crippen molar-refractivity contribution in [3.05, 3.63) is 108 Å². The van der Waals surface area contributed by atoms with Crippen LogP contribution in [0, 0.1) is 0 Å². The Morgan fingerprint density at radius 2 is 1.19 bits per heavy atom. The summed E-state index contributed by atoms with van der Waals surface area (Å²) in [6.07, 6.45) is 6.00. The van der Waals surface area contributed by atoms with E-state index in [1.54, 1.807) is 0 Å². The van der Waals surface area contributed by atoms with Gasteiger partial charge in [-0.25, -0.2) is 0 Å².